The smallest absolute Gasteiger partial charge is 0.247 e. The largest absolute Gasteiger partial charge is 0.497 e. The lowest BCUT2D eigenvalue weighted by Gasteiger charge is -2.52. The summed E-state index contributed by atoms with van der Waals surface area (Å²) in [5, 5.41) is 11.5. The third-order valence-corrected chi connectivity index (χ3v) is 7.41. The average molecular weight is 482 g/mol. The normalized spacial score (nSPS) is 24.1. The molecule has 0 aromatic heterocycles. The van der Waals surface area contributed by atoms with Crippen molar-refractivity contribution in [3.63, 3.8) is 0 Å². The summed E-state index contributed by atoms with van der Waals surface area (Å²) in [6, 6.07) is 11.3. The number of likely N-dealkylation sites (tertiary alicyclic amines) is 1. The van der Waals surface area contributed by atoms with Crippen molar-refractivity contribution in [3.05, 3.63) is 53.6 Å². The second-order valence-electron chi connectivity index (χ2n) is 9.25. The minimum absolute atomic E-state index is 0.00285. The second-order valence-corrected chi connectivity index (χ2v) is 9.25. The van der Waals surface area contributed by atoms with Crippen LogP contribution in [0.2, 0.25) is 0 Å². The van der Waals surface area contributed by atoms with E-state index in [0.29, 0.717) is 30.2 Å². The first-order valence-corrected chi connectivity index (χ1v) is 12.1. The first-order chi connectivity index (χ1) is 16.9. The summed E-state index contributed by atoms with van der Waals surface area (Å²) in [4.78, 5) is 15.4. The molecule has 1 N–H and O–H groups in total. The number of methoxy groups -OCH3 is 4. The first-order valence-electron chi connectivity index (χ1n) is 12.1. The number of carbonyl (C=O) groups excluding carboxylic acids is 1. The number of rotatable bonds is 7. The van der Waals surface area contributed by atoms with Crippen molar-refractivity contribution in [1.82, 2.24) is 4.90 Å². The molecule has 1 saturated heterocycles. The number of fused-ring (bicyclic) bond motifs is 1. The monoisotopic (exact) mass is 481 g/mol. The Bertz CT molecular complexity index is 1040. The van der Waals surface area contributed by atoms with E-state index in [1.165, 1.54) is 0 Å². The van der Waals surface area contributed by atoms with Crippen LogP contribution < -0.4 is 18.9 Å². The number of hydrogen-bond donors (Lipinski definition) is 1. The molecule has 2 fully saturated rings. The lowest BCUT2D eigenvalue weighted by molar-refractivity contribution is -0.150. The van der Waals surface area contributed by atoms with Crippen LogP contribution in [0.1, 0.15) is 49.3 Å². The third kappa shape index (κ3) is 4.96. The molecule has 0 bridgehead atoms. The van der Waals surface area contributed by atoms with Crippen LogP contribution in [0.25, 0.3) is 6.08 Å². The van der Waals surface area contributed by atoms with Gasteiger partial charge in [0, 0.05) is 18.5 Å². The highest BCUT2D eigenvalue weighted by Crippen LogP contribution is 2.49. The summed E-state index contributed by atoms with van der Waals surface area (Å²) in [6.07, 6.45) is 7.71. The Kier molecular flexibility index (Phi) is 7.55. The zero-order valence-electron chi connectivity index (χ0n) is 21.0. The first kappa shape index (κ1) is 24.9. The highest BCUT2D eigenvalue weighted by molar-refractivity contribution is 5.92. The van der Waals surface area contributed by atoms with Crippen LogP contribution in [0, 0.1) is 5.92 Å². The molecule has 2 aromatic carbocycles. The molecule has 188 valence electrons. The van der Waals surface area contributed by atoms with Gasteiger partial charge in [0.1, 0.15) is 5.75 Å². The molecular formula is C28H35NO6. The van der Waals surface area contributed by atoms with Crippen molar-refractivity contribution in [3.8, 4) is 23.0 Å². The van der Waals surface area contributed by atoms with Crippen molar-refractivity contribution in [1.29, 1.82) is 0 Å². The Balaban J connectivity index is 1.65. The Morgan fingerprint density at radius 2 is 1.66 bits per heavy atom. The maximum Gasteiger partial charge on any atom is 0.247 e. The fourth-order valence-corrected chi connectivity index (χ4v) is 5.60. The van der Waals surface area contributed by atoms with E-state index in [1.807, 2.05) is 41.3 Å². The van der Waals surface area contributed by atoms with Gasteiger partial charge in [-0.3, -0.25) is 4.79 Å². The van der Waals surface area contributed by atoms with E-state index in [4.69, 9.17) is 18.9 Å². The molecule has 1 aliphatic carbocycles. The second kappa shape index (κ2) is 10.6. The number of aliphatic hydroxyl groups is 1. The van der Waals surface area contributed by atoms with Gasteiger partial charge in [-0.25, -0.2) is 0 Å². The molecule has 1 saturated carbocycles. The van der Waals surface area contributed by atoms with Crippen LogP contribution in [0.4, 0.5) is 0 Å². The zero-order valence-corrected chi connectivity index (χ0v) is 21.0. The zero-order chi connectivity index (χ0) is 25.0. The van der Waals surface area contributed by atoms with Gasteiger partial charge in [-0.05, 0) is 60.7 Å². The molecule has 2 aliphatic rings. The molecule has 2 aromatic rings. The predicted octanol–water partition coefficient (Wildman–Crippen LogP) is 4.63. The quantitative estimate of drug-likeness (QED) is 0.581. The summed E-state index contributed by atoms with van der Waals surface area (Å²) in [6.45, 7) is 0.502. The standard InChI is InChI=1S/C28H35NO6/c1-32-21-11-9-20(10-12-21)26-22-7-5-6-14-28(22,31)15-16-29(26)25(30)13-8-19-17-23(33-2)27(35-4)24(18-19)34-3/h8-13,17-18,22,26,31H,5-7,14-16H2,1-4H3/b13-8+. The molecule has 7 nitrogen and oxygen atoms in total. The average Bonchev–Trinajstić information content (AvgIpc) is 2.90. The SMILES string of the molecule is COc1ccc(C2C3CCCCC3(O)CCN2C(=O)/C=C/c2cc(OC)c(OC)c(OC)c2)cc1. The van der Waals surface area contributed by atoms with Crippen molar-refractivity contribution in [2.24, 2.45) is 5.92 Å². The molecule has 3 unspecified atom stereocenters. The molecule has 7 heteroatoms. The van der Waals surface area contributed by atoms with Crippen LogP contribution in [0.3, 0.4) is 0 Å². The highest BCUT2D eigenvalue weighted by atomic mass is 16.5. The number of nitrogens with zero attached hydrogens (tertiary/aromatic N) is 1. The molecule has 0 spiro atoms. The van der Waals surface area contributed by atoms with Crippen molar-refractivity contribution in [2.45, 2.75) is 43.7 Å². The van der Waals surface area contributed by atoms with Crippen LogP contribution in [-0.4, -0.2) is 56.5 Å². The Morgan fingerprint density at radius 1 is 0.971 bits per heavy atom. The van der Waals surface area contributed by atoms with Crippen LogP contribution in [-0.2, 0) is 4.79 Å². The van der Waals surface area contributed by atoms with Crippen LogP contribution in [0.15, 0.2) is 42.5 Å². The van der Waals surface area contributed by atoms with E-state index in [0.717, 1.165) is 42.6 Å². The minimum Gasteiger partial charge on any atom is -0.497 e. The molecule has 1 aliphatic heterocycles. The number of hydrogen-bond acceptors (Lipinski definition) is 6. The van der Waals surface area contributed by atoms with E-state index in [-0.39, 0.29) is 17.9 Å². The van der Waals surface area contributed by atoms with Gasteiger partial charge in [-0.2, -0.15) is 0 Å². The molecule has 3 atom stereocenters. The van der Waals surface area contributed by atoms with E-state index in [9.17, 15) is 9.90 Å². The predicted molar refractivity (Wildman–Crippen MR) is 134 cm³/mol. The summed E-state index contributed by atoms with van der Waals surface area (Å²) >= 11 is 0. The van der Waals surface area contributed by atoms with Gasteiger partial charge in [0.15, 0.2) is 11.5 Å². The van der Waals surface area contributed by atoms with Gasteiger partial charge in [-0.1, -0.05) is 25.0 Å². The van der Waals surface area contributed by atoms with Crippen molar-refractivity contribution >= 4 is 12.0 Å². The summed E-state index contributed by atoms with van der Waals surface area (Å²) in [7, 11) is 6.32. The van der Waals surface area contributed by atoms with E-state index in [1.54, 1.807) is 40.6 Å². The van der Waals surface area contributed by atoms with Crippen molar-refractivity contribution in [2.75, 3.05) is 35.0 Å². The van der Waals surface area contributed by atoms with E-state index < -0.39 is 5.60 Å². The lowest BCUT2D eigenvalue weighted by atomic mass is 9.66. The summed E-state index contributed by atoms with van der Waals surface area (Å²) < 4.78 is 21.6. The minimum atomic E-state index is -0.736. The highest BCUT2D eigenvalue weighted by Gasteiger charge is 2.49. The Labute approximate surface area is 207 Å². The van der Waals surface area contributed by atoms with Crippen LogP contribution in [0.5, 0.6) is 23.0 Å². The van der Waals surface area contributed by atoms with Gasteiger partial charge in [0.2, 0.25) is 11.7 Å². The van der Waals surface area contributed by atoms with Crippen molar-refractivity contribution < 1.29 is 28.8 Å². The number of amides is 1. The fourth-order valence-electron chi connectivity index (χ4n) is 5.60. The molecule has 0 radical (unpaired) electrons. The molecule has 1 heterocycles. The molecule has 4 rings (SSSR count). The third-order valence-electron chi connectivity index (χ3n) is 7.41. The number of benzene rings is 2. The van der Waals surface area contributed by atoms with Gasteiger partial charge in [-0.15, -0.1) is 0 Å². The van der Waals surface area contributed by atoms with E-state index in [2.05, 4.69) is 0 Å². The maximum atomic E-state index is 13.5. The molecular weight excluding hydrogens is 446 g/mol. The molecule has 35 heavy (non-hydrogen) atoms. The van der Waals surface area contributed by atoms with Crippen LogP contribution >= 0.6 is 0 Å². The number of piperidine rings is 1. The molecule has 1 amide bonds. The van der Waals surface area contributed by atoms with Gasteiger partial charge in [0.25, 0.3) is 0 Å². The van der Waals surface area contributed by atoms with Gasteiger partial charge >= 0.3 is 0 Å². The summed E-state index contributed by atoms with van der Waals surface area (Å²) in [5.74, 6) is 2.24. The number of carbonyl (C=O) groups is 1. The van der Waals surface area contributed by atoms with E-state index >= 15 is 0 Å². The number of ether oxygens (including phenoxy) is 4. The topological polar surface area (TPSA) is 77.5 Å². The lowest BCUT2D eigenvalue weighted by Crippen LogP contribution is -2.56. The maximum absolute atomic E-state index is 13.5. The fraction of sp³-hybridized carbons (Fsp3) is 0.464. The Morgan fingerprint density at radius 3 is 2.26 bits per heavy atom. The Hall–Kier alpha value is -3.19. The van der Waals surface area contributed by atoms with Gasteiger partial charge in [0.05, 0.1) is 40.1 Å². The van der Waals surface area contributed by atoms with Gasteiger partial charge < -0.3 is 29.0 Å². The summed E-state index contributed by atoms with van der Waals surface area (Å²) in [5.41, 5.74) is 1.05.